The number of amides is 2. The number of imidazole rings is 1. The molecule has 1 atom stereocenters. The van der Waals surface area contributed by atoms with Gasteiger partial charge in [-0.1, -0.05) is 59.1 Å². The van der Waals surface area contributed by atoms with Crippen molar-refractivity contribution < 1.29 is 9.59 Å². The zero-order valence-corrected chi connectivity index (χ0v) is 23.8. The van der Waals surface area contributed by atoms with Gasteiger partial charge < -0.3 is 15.6 Å². The Morgan fingerprint density at radius 3 is 2.67 bits per heavy atom. The van der Waals surface area contributed by atoms with E-state index in [1.54, 1.807) is 36.5 Å². The molecule has 0 radical (unpaired) electrons. The lowest BCUT2D eigenvalue weighted by Crippen LogP contribution is -2.33. The first kappa shape index (κ1) is 28.7. The molecule has 0 aliphatic carbocycles. The quantitative estimate of drug-likeness (QED) is 0.198. The fourth-order valence-electron chi connectivity index (χ4n) is 4.13. The number of nitrogens with one attached hydrogen (secondary N) is 3. The molecule has 2 amide bonds. The van der Waals surface area contributed by atoms with Crippen molar-refractivity contribution in [2.75, 3.05) is 0 Å². The number of nitrogens with zero attached hydrogens (tertiary/aromatic N) is 6. The molecule has 0 saturated carbocycles. The molecule has 0 bridgehead atoms. The van der Waals surface area contributed by atoms with E-state index in [9.17, 15) is 9.59 Å². The summed E-state index contributed by atoms with van der Waals surface area (Å²) in [5.74, 6) is -0.442. The number of hydrogen-bond donors (Lipinski definition) is 3. The molecule has 0 unspecified atom stereocenters. The van der Waals surface area contributed by atoms with Crippen LogP contribution in [0, 0.1) is 6.92 Å². The topological polar surface area (TPSA) is 143 Å². The summed E-state index contributed by atoms with van der Waals surface area (Å²) in [6.07, 6.45) is 5.91. The highest BCUT2D eigenvalue weighted by molar-refractivity contribution is 6.32. The summed E-state index contributed by atoms with van der Waals surface area (Å²) < 4.78 is 1.46. The van der Waals surface area contributed by atoms with E-state index in [-0.39, 0.29) is 18.9 Å². The van der Waals surface area contributed by atoms with Crippen LogP contribution in [-0.4, -0.2) is 47.0 Å². The van der Waals surface area contributed by atoms with E-state index >= 15 is 0 Å². The standard InChI is InChI=1S/C29H25Cl2N9O2/c1-18-5-7-19(8-6-18)27-28(31)37-29(36-27)23(15-26(42)33-16-22-4-2-3-13-32-22)35-25(41)12-9-20-14-21(30)10-11-24(20)40-17-34-38-39-40/h2-14,17,23H,15-16H2,1H3,(H,33,42)(H,35,41)(H,36,37)/b12-9+/t23-/m0/s1. The fourth-order valence-corrected chi connectivity index (χ4v) is 4.56. The van der Waals surface area contributed by atoms with Crippen LogP contribution in [0.1, 0.15) is 35.1 Å². The van der Waals surface area contributed by atoms with Crippen molar-refractivity contribution in [3.8, 4) is 16.9 Å². The Balaban J connectivity index is 1.37. The molecule has 3 N–H and O–H groups in total. The number of benzene rings is 2. The van der Waals surface area contributed by atoms with Gasteiger partial charge in [0.2, 0.25) is 11.8 Å². The molecule has 0 saturated heterocycles. The number of tetrazole rings is 1. The number of H-pyrrole nitrogens is 1. The van der Waals surface area contributed by atoms with Gasteiger partial charge in [-0.2, -0.15) is 4.68 Å². The molecule has 3 aromatic heterocycles. The van der Waals surface area contributed by atoms with Crippen LogP contribution in [0.15, 0.2) is 79.3 Å². The number of carbonyl (C=O) groups is 2. The molecule has 2 aromatic carbocycles. The molecule has 13 heteroatoms. The highest BCUT2D eigenvalue weighted by atomic mass is 35.5. The second-order valence-corrected chi connectivity index (χ2v) is 10.1. The van der Waals surface area contributed by atoms with Crippen LogP contribution < -0.4 is 10.6 Å². The molecule has 5 rings (SSSR count). The van der Waals surface area contributed by atoms with E-state index in [4.69, 9.17) is 23.2 Å². The summed E-state index contributed by atoms with van der Waals surface area (Å²) in [6.45, 7) is 2.22. The number of hydrogen-bond acceptors (Lipinski definition) is 7. The number of pyridine rings is 1. The van der Waals surface area contributed by atoms with E-state index in [1.807, 2.05) is 43.3 Å². The minimum absolute atomic E-state index is 0.101. The van der Waals surface area contributed by atoms with Crippen LogP contribution in [0.2, 0.25) is 10.2 Å². The lowest BCUT2D eigenvalue weighted by molar-refractivity contribution is -0.122. The molecule has 0 spiro atoms. The summed E-state index contributed by atoms with van der Waals surface area (Å²) in [5.41, 5.74) is 4.35. The van der Waals surface area contributed by atoms with Crippen LogP contribution in [0.5, 0.6) is 0 Å². The van der Waals surface area contributed by atoms with Gasteiger partial charge in [-0.05, 0) is 53.8 Å². The van der Waals surface area contributed by atoms with Gasteiger partial charge in [0, 0.05) is 28.4 Å². The Morgan fingerprint density at radius 1 is 1.10 bits per heavy atom. The van der Waals surface area contributed by atoms with Crippen molar-refractivity contribution in [1.29, 1.82) is 0 Å². The van der Waals surface area contributed by atoms with Crippen LogP contribution in [0.25, 0.3) is 23.0 Å². The van der Waals surface area contributed by atoms with Gasteiger partial charge in [-0.15, -0.1) is 5.10 Å². The van der Waals surface area contributed by atoms with E-state index in [0.717, 1.165) is 11.1 Å². The van der Waals surface area contributed by atoms with Crippen molar-refractivity contribution in [2.24, 2.45) is 0 Å². The van der Waals surface area contributed by atoms with Gasteiger partial charge in [0.15, 0.2) is 0 Å². The Labute approximate surface area is 251 Å². The Hall–Kier alpha value is -4.87. The highest BCUT2D eigenvalue weighted by Gasteiger charge is 2.23. The van der Waals surface area contributed by atoms with Gasteiger partial charge in [-0.3, -0.25) is 14.6 Å². The van der Waals surface area contributed by atoms with Gasteiger partial charge >= 0.3 is 0 Å². The summed E-state index contributed by atoms with van der Waals surface area (Å²) in [5, 5.41) is 17.7. The number of aromatic nitrogens is 7. The largest absolute Gasteiger partial charge is 0.350 e. The lowest BCUT2D eigenvalue weighted by Gasteiger charge is -2.16. The van der Waals surface area contributed by atoms with E-state index in [2.05, 4.69) is 41.1 Å². The minimum atomic E-state index is -0.819. The number of halogens is 2. The summed E-state index contributed by atoms with van der Waals surface area (Å²) in [7, 11) is 0. The van der Waals surface area contributed by atoms with Gasteiger partial charge in [0.1, 0.15) is 23.0 Å². The predicted octanol–water partition coefficient (Wildman–Crippen LogP) is 4.64. The van der Waals surface area contributed by atoms with Crippen LogP contribution in [0.3, 0.4) is 0 Å². The van der Waals surface area contributed by atoms with Crippen molar-refractivity contribution >= 4 is 41.1 Å². The maximum Gasteiger partial charge on any atom is 0.244 e. The Bertz CT molecular complexity index is 1700. The van der Waals surface area contributed by atoms with Crippen LogP contribution >= 0.6 is 23.2 Å². The first-order chi connectivity index (χ1) is 20.4. The average Bonchev–Trinajstić information content (AvgIpc) is 3.66. The first-order valence-electron chi connectivity index (χ1n) is 12.9. The normalized spacial score (nSPS) is 11.9. The SMILES string of the molecule is Cc1ccc(-c2nc([C@H](CC(=O)NCc3ccccn3)NC(=O)/C=C/c3cc(Cl)ccc3-n3cnnn3)[nH]c2Cl)cc1. The summed E-state index contributed by atoms with van der Waals surface area (Å²) in [6, 6.07) is 17.5. The molecule has 5 aromatic rings. The zero-order chi connectivity index (χ0) is 29.5. The van der Waals surface area contributed by atoms with E-state index in [1.165, 1.54) is 17.1 Å². The van der Waals surface area contributed by atoms with Gasteiger partial charge in [0.05, 0.1) is 30.4 Å². The lowest BCUT2D eigenvalue weighted by atomic mass is 10.1. The fraction of sp³-hybridized carbons (Fsp3) is 0.138. The smallest absolute Gasteiger partial charge is 0.244 e. The average molecular weight is 602 g/mol. The molecule has 0 aliphatic heterocycles. The third kappa shape index (κ3) is 7.25. The number of carbonyl (C=O) groups excluding carboxylic acids is 2. The van der Waals surface area contributed by atoms with Crippen molar-refractivity contribution in [2.45, 2.75) is 25.9 Å². The van der Waals surface area contributed by atoms with E-state index < -0.39 is 11.9 Å². The van der Waals surface area contributed by atoms with E-state index in [0.29, 0.717) is 38.6 Å². The molecular weight excluding hydrogens is 577 g/mol. The molecule has 0 fully saturated rings. The van der Waals surface area contributed by atoms with Gasteiger partial charge in [-0.25, -0.2) is 4.98 Å². The second-order valence-electron chi connectivity index (χ2n) is 9.30. The molecule has 212 valence electrons. The van der Waals surface area contributed by atoms with Crippen LogP contribution in [-0.2, 0) is 16.1 Å². The molecule has 11 nitrogen and oxygen atoms in total. The maximum atomic E-state index is 13.1. The molecule has 42 heavy (non-hydrogen) atoms. The van der Waals surface area contributed by atoms with Crippen molar-refractivity contribution in [1.82, 2.24) is 45.8 Å². The summed E-state index contributed by atoms with van der Waals surface area (Å²) in [4.78, 5) is 38.0. The molecular formula is C29H25Cl2N9O2. The number of aromatic amines is 1. The maximum absolute atomic E-state index is 13.1. The predicted molar refractivity (Wildman–Crippen MR) is 159 cm³/mol. The third-order valence-electron chi connectivity index (χ3n) is 6.23. The minimum Gasteiger partial charge on any atom is -0.350 e. The van der Waals surface area contributed by atoms with Gasteiger partial charge in [0.25, 0.3) is 0 Å². The Kier molecular flexibility index (Phi) is 9.00. The highest BCUT2D eigenvalue weighted by Crippen LogP contribution is 2.29. The second kappa shape index (κ2) is 13.2. The Morgan fingerprint density at radius 2 is 1.93 bits per heavy atom. The number of rotatable bonds is 10. The molecule has 0 aliphatic rings. The molecule has 3 heterocycles. The first-order valence-corrected chi connectivity index (χ1v) is 13.6. The third-order valence-corrected chi connectivity index (χ3v) is 6.74. The number of aryl methyl sites for hydroxylation is 1. The monoisotopic (exact) mass is 601 g/mol. The summed E-state index contributed by atoms with van der Waals surface area (Å²) >= 11 is 12.7. The van der Waals surface area contributed by atoms with Crippen molar-refractivity contribution in [3.63, 3.8) is 0 Å². The van der Waals surface area contributed by atoms with Crippen LogP contribution in [0.4, 0.5) is 0 Å². The van der Waals surface area contributed by atoms with Crippen molar-refractivity contribution in [3.05, 3.63) is 112 Å². The zero-order valence-electron chi connectivity index (χ0n) is 22.3.